The molecule has 0 bridgehead atoms. The zero-order valence-electron chi connectivity index (χ0n) is 23.9. The van der Waals surface area contributed by atoms with Crippen molar-refractivity contribution >= 4 is 51.2 Å². The second-order valence-electron chi connectivity index (χ2n) is 9.98. The van der Waals surface area contributed by atoms with E-state index >= 15 is 0 Å². The van der Waals surface area contributed by atoms with Crippen molar-refractivity contribution in [1.29, 1.82) is 0 Å². The lowest BCUT2D eigenvalue weighted by molar-refractivity contribution is -0.684. The third kappa shape index (κ3) is 6.11. The largest absolute Gasteiger partial charge is 0.421 e. The SMILES string of the molecule is CBr.O=C1c2ccccc2C(=O)N1CCCn1cc[n+](CCCN2C(=O)c3ccccc3C2=O)c1N=Nc1ccc(F)cc1. The maximum absolute atomic E-state index is 13.4. The summed E-state index contributed by atoms with van der Waals surface area (Å²) >= 11 is 2.94. The Labute approximate surface area is 261 Å². The van der Waals surface area contributed by atoms with Crippen LogP contribution in [0.15, 0.2) is 95.4 Å². The number of carbonyl (C=O) groups is 4. The predicted molar refractivity (Wildman–Crippen MR) is 163 cm³/mol. The van der Waals surface area contributed by atoms with Crippen molar-refractivity contribution in [2.24, 2.45) is 10.2 Å². The molecule has 0 aliphatic carbocycles. The Balaban J connectivity index is 0.00000188. The second-order valence-corrected chi connectivity index (χ2v) is 9.98. The molecule has 3 aromatic carbocycles. The average molecular weight is 661 g/mol. The third-order valence-corrected chi connectivity index (χ3v) is 7.34. The van der Waals surface area contributed by atoms with Gasteiger partial charge in [0, 0.05) is 18.2 Å². The lowest BCUT2D eigenvalue weighted by Crippen LogP contribution is -2.37. The molecule has 44 heavy (non-hydrogen) atoms. The summed E-state index contributed by atoms with van der Waals surface area (Å²) in [5.41, 5.74) is 2.11. The van der Waals surface area contributed by atoms with Crippen LogP contribution in [-0.2, 0) is 13.1 Å². The number of fused-ring (bicyclic) bond motifs is 2. The van der Waals surface area contributed by atoms with Gasteiger partial charge in [-0.2, -0.15) is 0 Å². The van der Waals surface area contributed by atoms with Gasteiger partial charge in [0.05, 0.1) is 47.7 Å². The van der Waals surface area contributed by atoms with Crippen LogP contribution < -0.4 is 4.57 Å². The van der Waals surface area contributed by atoms with Gasteiger partial charge in [0.15, 0.2) is 0 Å². The van der Waals surface area contributed by atoms with Crippen LogP contribution >= 0.6 is 15.9 Å². The number of azo groups is 1. The molecule has 0 fully saturated rings. The van der Waals surface area contributed by atoms with E-state index in [1.165, 1.54) is 34.1 Å². The summed E-state index contributed by atoms with van der Waals surface area (Å²) in [4.78, 5) is 53.4. The summed E-state index contributed by atoms with van der Waals surface area (Å²) in [5, 5.41) is 8.69. The van der Waals surface area contributed by atoms with Crippen molar-refractivity contribution < 1.29 is 28.1 Å². The van der Waals surface area contributed by atoms with E-state index in [1.54, 1.807) is 48.5 Å². The van der Waals surface area contributed by atoms with Crippen LogP contribution in [0.4, 0.5) is 16.0 Å². The first kappa shape index (κ1) is 30.6. The molecule has 0 unspecified atom stereocenters. The fourth-order valence-corrected chi connectivity index (χ4v) is 5.22. The van der Waals surface area contributed by atoms with Gasteiger partial charge in [0.25, 0.3) is 23.6 Å². The molecule has 4 amide bonds. The zero-order chi connectivity index (χ0) is 31.2. The van der Waals surface area contributed by atoms with Crippen LogP contribution in [0.5, 0.6) is 0 Å². The lowest BCUT2D eigenvalue weighted by atomic mass is 10.1. The zero-order valence-corrected chi connectivity index (χ0v) is 25.5. The number of imide groups is 2. The average Bonchev–Trinajstić information content (AvgIpc) is 3.64. The predicted octanol–water partition coefficient (Wildman–Crippen LogP) is 5.71. The normalized spacial score (nSPS) is 13.9. The minimum atomic E-state index is -0.381. The summed E-state index contributed by atoms with van der Waals surface area (Å²) in [6.07, 6.45) is 4.61. The Kier molecular flexibility index (Phi) is 9.49. The molecule has 6 rings (SSSR count). The number of alkyl halides is 1. The summed E-state index contributed by atoms with van der Waals surface area (Å²) in [7, 11) is 0. The van der Waals surface area contributed by atoms with Gasteiger partial charge in [-0.15, -0.1) is 0 Å². The van der Waals surface area contributed by atoms with Crippen LogP contribution in [0.3, 0.4) is 0 Å². The van der Waals surface area contributed by atoms with Crippen LogP contribution in [0.2, 0.25) is 0 Å². The molecular formula is C32H29BrFN6O4+. The molecule has 224 valence electrons. The molecule has 2 aliphatic rings. The Hall–Kier alpha value is -4.84. The molecule has 0 radical (unpaired) electrons. The standard InChI is InChI=1S/C31H26FN6O4.CH3Br/c32-21-11-13-22(14-12-21)33-34-31-35(15-5-17-37-27(39)23-7-1-2-8-24(23)28(37)40)19-20-36(31)16-6-18-38-29(41)25-9-3-4-10-26(25)30(38)42;1-2/h1-4,7-14,19-20H,5-6,15-18H2;1H3/q+1;. The van der Waals surface area contributed by atoms with Crippen LogP contribution in [0.1, 0.15) is 54.3 Å². The molecule has 0 saturated carbocycles. The minimum Gasteiger partial charge on any atom is -0.274 e. The van der Waals surface area contributed by atoms with E-state index in [9.17, 15) is 23.6 Å². The van der Waals surface area contributed by atoms with E-state index in [1.807, 2.05) is 27.4 Å². The number of carbonyl (C=O) groups excluding carboxylic acids is 4. The third-order valence-electron chi connectivity index (χ3n) is 7.34. The van der Waals surface area contributed by atoms with E-state index in [4.69, 9.17) is 0 Å². The van der Waals surface area contributed by atoms with Crippen LogP contribution in [0.25, 0.3) is 0 Å². The van der Waals surface area contributed by atoms with E-state index in [2.05, 4.69) is 26.2 Å². The number of amides is 4. The first-order valence-corrected chi connectivity index (χ1v) is 15.5. The lowest BCUT2D eigenvalue weighted by Gasteiger charge is -2.13. The summed E-state index contributed by atoms with van der Waals surface area (Å²) < 4.78 is 17.1. The highest BCUT2D eigenvalue weighted by Gasteiger charge is 2.36. The van der Waals surface area contributed by atoms with Gasteiger partial charge >= 0.3 is 5.95 Å². The molecule has 3 heterocycles. The van der Waals surface area contributed by atoms with E-state index < -0.39 is 0 Å². The quantitative estimate of drug-likeness (QED) is 0.0940. The van der Waals surface area contributed by atoms with E-state index in [0.717, 1.165) is 0 Å². The van der Waals surface area contributed by atoms with Gasteiger partial charge in [-0.1, -0.05) is 45.3 Å². The Morgan fingerprint density at radius 1 is 0.659 bits per heavy atom. The number of benzene rings is 3. The number of aryl methyl sites for hydroxylation is 2. The minimum absolute atomic E-state index is 0.235. The molecule has 0 N–H and O–H groups in total. The molecular weight excluding hydrogens is 631 g/mol. The van der Waals surface area contributed by atoms with Crippen molar-refractivity contribution in [3.05, 3.63) is 113 Å². The molecule has 0 spiro atoms. The molecule has 1 aromatic heterocycles. The summed E-state index contributed by atoms with van der Waals surface area (Å²) in [6.45, 7) is 1.35. The number of hydrogen-bond donors (Lipinski definition) is 0. The number of nitrogens with zero attached hydrogens (tertiary/aromatic N) is 6. The van der Waals surface area contributed by atoms with E-state index in [0.29, 0.717) is 59.8 Å². The van der Waals surface area contributed by atoms with Gasteiger partial charge in [-0.05, 0) is 67.2 Å². The molecule has 0 saturated heterocycles. The first-order chi connectivity index (χ1) is 21.4. The molecule has 10 nitrogen and oxygen atoms in total. The van der Waals surface area contributed by atoms with Crippen molar-refractivity contribution in [2.45, 2.75) is 25.9 Å². The Morgan fingerprint density at radius 3 is 1.64 bits per heavy atom. The molecule has 12 heteroatoms. The maximum atomic E-state index is 13.4. The monoisotopic (exact) mass is 659 g/mol. The second kappa shape index (κ2) is 13.6. The highest BCUT2D eigenvalue weighted by Crippen LogP contribution is 2.24. The smallest absolute Gasteiger partial charge is 0.274 e. The van der Waals surface area contributed by atoms with Crippen molar-refractivity contribution in [2.75, 3.05) is 18.9 Å². The Bertz CT molecular complexity index is 1580. The topological polar surface area (TPSA) is 108 Å². The molecule has 4 aromatic rings. The highest BCUT2D eigenvalue weighted by atomic mass is 79.9. The summed E-state index contributed by atoms with van der Waals surface area (Å²) in [6, 6.07) is 19.2. The van der Waals surface area contributed by atoms with Gasteiger partial charge < -0.3 is 0 Å². The molecule has 0 atom stereocenters. The number of halogens is 2. The Morgan fingerprint density at radius 2 is 1.14 bits per heavy atom. The maximum Gasteiger partial charge on any atom is 0.421 e. The first-order valence-electron chi connectivity index (χ1n) is 14.0. The van der Waals surface area contributed by atoms with Crippen molar-refractivity contribution in [3.63, 3.8) is 0 Å². The molecule has 2 aliphatic heterocycles. The van der Waals surface area contributed by atoms with Crippen molar-refractivity contribution in [1.82, 2.24) is 14.4 Å². The number of rotatable bonds is 10. The fraction of sp³-hybridized carbons (Fsp3) is 0.219. The number of hydrogen-bond acceptors (Lipinski definition) is 6. The summed E-state index contributed by atoms with van der Waals surface area (Å²) in [5.74, 6) is 0.709. The van der Waals surface area contributed by atoms with Gasteiger partial charge in [0.2, 0.25) is 0 Å². The van der Waals surface area contributed by atoms with Crippen LogP contribution in [0, 0.1) is 5.82 Å². The van der Waals surface area contributed by atoms with Gasteiger partial charge in [0.1, 0.15) is 11.5 Å². The van der Waals surface area contributed by atoms with E-state index in [-0.39, 0.29) is 42.5 Å². The van der Waals surface area contributed by atoms with Crippen LogP contribution in [-0.4, -0.2) is 56.9 Å². The number of aromatic nitrogens is 2. The van der Waals surface area contributed by atoms with Gasteiger partial charge in [-0.3, -0.25) is 29.0 Å². The van der Waals surface area contributed by atoms with Gasteiger partial charge in [-0.25, -0.2) is 13.5 Å². The fourth-order valence-electron chi connectivity index (χ4n) is 5.22. The highest BCUT2D eigenvalue weighted by molar-refractivity contribution is 9.08. The number of imidazole rings is 1. The van der Waals surface area contributed by atoms with Crippen molar-refractivity contribution in [3.8, 4) is 0 Å².